The zero-order valence-corrected chi connectivity index (χ0v) is 8.40. The zero-order chi connectivity index (χ0) is 10.8. The average molecular weight is 208 g/mol. The lowest BCUT2D eigenvalue weighted by Crippen LogP contribution is -2.27. The van der Waals surface area contributed by atoms with Gasteiger partial charge < -0.3 is 14.6 Å². The lowest BCUT2D eigenvalue weighted by atomic mass is 10.3. The van der Waals surface area contributed by atoms with Gasteiger partial charge in [-0.25, -0.2) is 4.79 Å². The minimum Gasteiger partial charge on any atom is -0.442 e. The number of hydrogen-bond donors (Lipinski definition) is 1. The summed E-state index contributed by atoms with van der Waals surface area (Å²) in [5.41, 5.74) is 0.857. The van der Waals surface area contributed by atoms with E-state index in [-0.39, 0.29) is 11.7 Å². The highest BCUT2D eigenvalue weighted by atomic mass is 16.6. The Morgan fingerprint density at radius 3 is 3.00 bits per heavy atom. The van der Waals surface area contributed by atoms with Crippen LogP contribution >= 0.6 is 0 Å². The smallest absolute Gasteiger partial charge is 0.407 e. The summed E-state index contributed by atoms with van der Waals surface area (Å²) in [6, 6.07) is 3.41. The van der Waals surface area contributed by atoms with E-state index in [0.717, 1.165) is 5.56 Å². The van der Waals surface area contributed by atoms with Gasteiger partial charge in [0, 0.05) is 12.3 Å². The molecule has 1 amide bonds. The summed E-state index contributed by atoms with van der Waals surface area (Å²) < 4.78 is 6.48. The lowest BCUT2D eigenvalue weighted by Gasteiger charge is -2.09. The average Bonchev–Trinajstić information content (AvgIpc) is 2.56. The Hall–Kier alpha value is -1.78. The molecular formula is C10H12N2O3. The summed E-state index contributed by atoms with van der Waals surface area (Å²) in [5, 5.41) is 2.54. The molecule has 2 rings (SSSR count). The largest absolute Gasteiger partial charge is 0.442 e. The van der Waals surface area contributed by atoms with Gasteiger partial charge in [0.05, 0.1) is 13.1 Å². The van der Waals surface area contributed by atoms with Crippen LogP contribution in [-0.4, -0.2) is 23.3 Å². The second-order valence-electron chi connectivity index (χ2n) is 3.60. The first-order valence-corrected chi connectivity index (χ1v) is 4.77. The second-order valence-corrected chi connectivity index (χ2v) is 3.60. The van der Waals surface area contributed by atoms with Gasteiger partial charge in [-0.2, -0.15) is 0 Å². The standard InChI is InChI=1S/C10H12N2O3/c1-7-2-3-12(9(13)4-7)6-8-5-11-10(14)15-8/h2-4,8H,5-6H2,1H3,(H,11,14). The number of rotatable bonds is 2. The summed E-state index contributed by atoms with van der Waals surface area (Å²) >= 11 is 0. The van der Waals surface area contributed by atoms with E-state index in [4.69, 9.17) is 4.74 Å². The molecular weight excluding hydrogens is 196 g/mol. The van der Waals surface area contributed by atoms with Crippen LogP contribution in [0.25, 0.3) is 0 Å². The molecule has 15 heavy (non-hydrogen) atoms. The number of carbonyl (C=O) groups is 1. The van der Waals surface area contributed by atoms with Crippen molar-refractivity contribution in [3.63, 3.8) is 0 Å². The molecule has 1 aromatic rings. The van der Waals surface area contributed by atoms with Gasteiger partial charge in [0.15, 0.2) is 0 Å². The molecule has 1 aliphatic heterocycles. The number of aromatic nitrogens is 1. The van der Waals surface area contributed by atoms with Gasteiger partial charge >= 0.3 is 6.09 Å². The molecule has 0 radical (unpaired) electrons. The van der Waals surface area contributed by atoms with Crippen LogP contribution in [0.5, 0.6) is 0 Å². The Labute approximate surface area is 86.7 Å². The number of cyclic esters (lactones) is 1. The molecule has 2 heterocycles. The van der Waals surface area contributed by atoms with Gasteiger partial charge in [-0.1, -0.05) is 0 Å². The van der Waals surface area contributed by atoms with Crippen molar-refractivity contribution in [2.24, 2.45) is 0 Å². The number of hydrogen-bond acceptors (Lipinski definition) is 3. The molecule has 0 spiro atoms. The fraction of sp³-hybridized carbons (Fsp3) is 0.400. The number of ether oxygens (including phenoxy) is 1. The third kappa shape index (κ3) is 2.18. The normalized spacial score (nSPS) is 19.8. The van der Waals surface area contributed by atoms with Gasteiger partial charge in [-0.3, -0.25) is 4.79 Å². The quantitative estimate of drug-likeness (QED) is 0.758. The van der Waals surface area contributed by atoms with Gasteiger partial charge in [0.2, 0.25) is 0 Å². The Bertz CT molecular complexity index is 439. The highest BCUT2D eigenvalue weighted by Crippen LogP contribution is 2.02. The van der Waals surface area contributed by atoms with E-state index in [0.29, 0.717) is 13.1 Å². The molecule has 1 saturated heterocycles. The van der Waals surface area contributed by atoms with Crippen molar-refractivity contribution in [3.8, 4) is 0 Å². The maximum absolute atomic E-state index is 11.5. The van der Waals surface area contributed by atoms with Crippen LogP contribution in [0.15, 0.2) is 23.1 Å². The van der Waals surface area contributed by atoms with E-state index in [1.54, 1.807) is 12.3 Å². The van der Waals surface area contributed by atoms with Crippen LogP contribution in [0.2, 0.25) is 0 Å². The minimum absolute atomic E-state index is 0.0713. The summed E-state index contributed by atoms with van der Waals surface area (Å²) in [7, 11) is 0. The molecule has 0 aliphatic carbocycles. The molecule has 1 N–H and O–H groups in total. The molecule has 0 aromatic carbocycles. The molecule has 0 bridgehead atoms. The second kappa shape index (κ2) is 3.76. The third-order valence-corrected chi connectivity index (χ3v) is 2.30. The minimum atomic E-state index is -0.417. The summed E-state index contributed by atoms with van der Waals surface area (Å²) in [4.78, 5) is 22.3. The Morgan fingerprint density at radius 1 is 1.60 bits per heavy atom. The van der Waals surface area contributed by atoms with Crippen molar-refractivity contribution in [1.29, 1.82) is 0 Å². The number of alkyl carbamates (subject to hydrolysis) is 1. The molecule has 5 heteroatoms. The number of nitrogens with one attached hydrogen (secondary N) is 1. The van der Waals surface area contributed by atoms with Gasteiger partial charge in [0.1, 0.15) is 6.10 Å². The van der Waals surface area contributed by atoms with Crippen LogP contribution in [0.1, 0.15) is 5.56 Å². The van der Waals surface area contributed by atoms with E-state index in [9.17, 15) is 9.59 Å². The number of pyridine rings is 1. The highest BCUT2D eigenvalue weighted by molar-refractivity contribution is 5.69. The SMILES string of the molecule is Cc1ccn(CC2CNC(=O)O2)c(=O)c1. The molecule has 0 saturated carbocycles. The maximum atomic E-state index is 11.5. The molecule has 1 fully saturated rings. The molecule has 1 atom stereocenters. The molecule has 1 aliphatic rings. The fourth-order valence-corrected chi connectivity index (χ4v) is 1.51. The van der Waals surface area contributed by atoms with Crippen molar-refractivity contribution in [3.05, 3.63) is 34.2 Å². The number of amides is 1. The first-order valence-electron chi connectivity index (χ1n) is 4.77. The van der Waals surface area contributed by atoms with Crippen LogP contribution in [0, 0.1) is 6.92 Å². The summed E-state index contributed by atoms with van der Waals surface area (Å²) in [6.45, 7) is 2.72. The van der Waals surface area contributed by atoms with Gasteiger partial charge in [-0.15, -0.1) is 0 Å². The van der Waals surface area contributed by atoms with Crippen molar-refractivity contribution < 1.29 is 9.53 Å². The third-order valence-electron chi connectivity index (χ3n) is 2.30. The number of aryl methyl sites for hydroxylation is 1. The van der Waals surface area contributed by atoms with Crippen LogP contribution < -0.4 is 10.9 Å². The van der Waals surface area contributed by atoms with Crippen molar-refractivity contribution >= 4 is 6.09 Å². The predicted octanol–water partition coefficient (Wildman–Crippen LogP) is 0.265. The maximum Gasteiger partial charge on any atom is 0.407 e. The molecule has 80 valence electrons. The predicted molar refractivity (Wildman–Crippen MR) is 53.7 cm³/mol. The lowest BCUT2D eigenvalue weighted by molar-refractivity contribution is 0.130. The Balaban J connectivity index is 2.11. The zero-order valence-electron chi connectivity index (χ0n) is 8.40. The molecule has 5 nitrogen and oxygen atoms in total. The van der Waals surface area contributed by atoms with Crippen LogP contribution in [0.4, 0.5) is 4.79 Å². The number of nitrogens with zero attached hydrogens (tertiary/aromatic N) is 1. The van der Waals surface area contributed by atoms with Gasteiger partial charge in [-0.05, 0) is 18.6 Å². The molecule has 1 aromatic heterocycles. The van der Waals surface area contributed by atoms with E-state index >= 15 is 0 Å². The van der Waals surface area contributed by atoms with Crippen molar-refractivity contribution in [2.75, 3.05) is 6.54 Å². The van der Waals surface area contributed by atoms with E-state index < -0.39 is 6.09 Å². The Kier molecular flexibility index (Phi) is 2.45. The Morgan fingerprint density at radius 2 is 2.40 bits per heavy atom. The fourth-order valence-electron chi connectivity index (χ4n) is 1.51. The first-order chi connectivity index (χ1) is 7.15. The van der Waals surface area contributed by atoms with E-state index in [2.05, 4.69) is 5.32 Å². The van der Waals surface area contributed by atoms with E-state index in [1.165, 1.54) is 4.57 Å². The van der Waals surface area contributed by atoms with Crippen LogP contribution in [0.3, 0.4) is 0 Å². The summed E-state index contributed by atoms with van der Waals surface area (Å²) in [6.07, 6.45) is 1.04. The first kappa shape index (κ1) is 9.76. The van der Waals surface area contributed by atoms with Gasteiger partial charge in [0.25, 0.3) is 5.56 Å². The highest BCUT2D eigenvalue weighted by Gasteiger charge is 2.22. The van der Waals surface area contributed by atoms with Crippen molar-refractivity contribution in [1.82, 2.24) is 9.88 Å². The van der Waals surface area contributed by atoms with Crippen molar-refractivity contribution in [2.45, 2.75) is 19.6 Å². The summed E-state index contributed by atoms with van der Waals surface area (Å²) in [5.74, 6) is 0. The topological polar surface area (TPSA) is 60.3 Å². The van der Waals surface area contributed by atoms with E-state index in [1.807, 2.05) is 13.0 Å². The van der Waals surface area contributed by atoms with Crippen LogP contribution in [-0.2, 0) is 11.3 Å². The number of carbonyl (C=O) groups excluding carboxylic acids is 1. The molecule has 1 unspecified atom stereocenters. The monoisotopic (exact) mass is 208 g/mol.